The van der Waals surface area contributed by atoms with Crippen LogP contribution in [-0.4, -0.2) is 31.6 Å². The van der Waals surface area contributed by atoms with E-state index < -0.39 is 0 Å². The third-order valence-corrected chi connectivity index (χ3v) is 3.67. The Hall–Kier alpha value is -1.73. The molecule has 3 rings (SSSR count). The van der Waals surface area contributed by atoms with E-state index in [4.69, 9.17) is 11.6 Å². The third-order valence-electron chi connectivity index (χ3n) is 2.66. The lowest BCUT2D eigenvalue weighted by Gasteiger charge is -2.18. The van der Waals surface area contributed by atoms with Crippen LogP contribution in [0.2, 0.25) is 5.15 Å². The van der Waals surface area contributed by atoms with Crippen molar-refractivity contribution in [3.8, 4) is 0 Å². The van der Waals surface area contributed by atoms with Crippen LogP contribution in [0.1, 0.15) is 10.7 Å². The van der Waals surface area contributed by atoms with Gasteiger partial charge in [-0.25, -0.2) is 4.98 Å². The van der Waals surface area contributed by atoms with E-state index in [9.17, 15) is 0 Å². The van der Waals surface area contributed by atoms with Crippen molar-refractivity contribution in [3.05, 3.63) is 33.6 Å². The molecule has 0 atom stereocenters. The molecule has 19 heavy (non-hydrogen) atoms. The number of fused-ring (bicyclic) bond motifs is 1. The van der Waals surface area contributed by atoms with Gasteiger partial charge in [0.15, 0.2) is 0 Å². The van der Waals surface area contributed by atoms with Crippen LogP contribution >= 0.6 is 22.9 Å². The van der Waals surface area contributed by atoms with Crippen molar-refractivity contribution in [2.24, 2.45) is 0 Å². The third kappa shape index (κ3) is 2.39. The van der Waals surface area contributed by atoms with Gasteiger partial charge < -0.3 is 4.90 Å². The molecule has 0 saturated heterocycles. The Morgan fingerprint density at radius 3 is 3.00 bits per heavy atom. The number of aromatic nitrogens is 5. The lowest BCUT2D eigenvalue weighted by molar-refractivity contribution is 0.818. The molecule has 98 valence electrons. The molecule has 0 amide bonds. The summed E-state index contributed by atoms with van der Waals surface area (Å²) in [6.45, 7) is 2.67. The van der Waals surface area contributed by atoms with Gasteiger partial charge in [0, 0.05) is 18.5 Å². The Morgan fingerprint density at radius 1 is 1.42 bits per heavy atom. The summed E-state index contributed by atoms with van der Waals surface area (Å²) in [7, 11) is 1.96. The molecular formula is C11H11ClN6S. The van der Waals surface area contributed by atoms with E-state index in [1.165, 1.54) is 6.33 Å². The van der Waals surface area contributed by atoms with Crippen LogP contribution in [0.4, 0.5) is 5.82 Å². The Labute approximate surface area is 118 Å². The number of nitrogens with zero attached hydrogens (tertiary/aromatic N) is 6. The first-order valence-corrected chi connectivity index (χ1v) is 6.87. The maximum Gasteiger partial charge on any atom is 0.255 e. The second kappa shape index (κ2) is 4.75. The Kier molecular flexibility index (Phi) is 3.08. The van der Waals surface area contributed by atoms with Gasteiger partial charge in [-0.2, -0.15) is 19.6 Å². The highest BCUT2D eigenvalue weighted by Gasteiger charge is 2.12. The molecule has 0 aliphatic heterocycles. The Bertz CT molecular complexity index is 721. The summed E-state index contributed by atoms with van der Waals surface area (Å²) in [6.07, 6.45) is 1.46. The minimum Gasteiger partial charge on any atom is -0.353 e. The maximum atomic E-state index is 6.00. The van der Waals surface area contributed by atoms with Gasteiger partial charge >= 0.3 is 0 Å². The van der Waals surface area contributed by atoms with Gasteiger partial charge in [-0.3, -0.25) is 0 Å². The summed E-state index contributed by atoms with van der Waals surface area (Å²) in [6, 6.07) is 1.77. The molecule has 6 nitrogen and oxygen atoms in total. The zero-order valence-electron chi connectivity index (χ0n) is 10.4. The fourth-order valence-electron chi connectivity index (χ4n) is 1.85. The predicted octanol–water partition coefficient (Wildman–Crippen LogP) is 2.18. The van der Waals surface area contributed by atoms with Crippen molar-refractivity contribution in [2.45, 2.75) is 13.5 Å². The van der Waals surface area contributed by atoms with Crippen molar-refractivity contribution in [1.29, 1.82) is 0 Å². The molecule has 0 spiro atoms. The molecule has 0 aromatic carbocycles. The number of hydrogen-bond donors (Lipinski definition) is 0. The van der Waals surface area contributed by atoms with Gasteiger partial charge in [-0.05, 0) is 6.92 Å². The molecule has 0 aliphatic rings. The van der Waals surface area contributed by atoms with Crippen LogP contribution < -0.4 is 4.90 Å². The normalized spacial score (nSPS) is 11.1. The van der Waals surface area contributed by atoms with Crippen LogP contribution in [0.25, 0.3) is 5.78 Å². The first kappa shape index (κ1) is 12.3. The van der Waals surface area contributed by atoms with Gasteiger partial charge in [0.25, 0.3) is 5.78 Å². The molecule has 3 heterocycles. The molecule has 0 unspecified atom stereocenters. The average molecular weight is 295 g/mol. The van der Waals surface area contributed by atoms with E-state index >= 15 is 0 Å². The number of hydrogen-bond acceptors (Lipinski definition) is 6. The first-order valence-electron chi connectivity index (χ1n) is 5.62. The van der Waals surface area contributed by atoms with E-state index in [-0.39, 0.29) is 0 Å². The molecule has 0 saturated carbocycles. The highest BCUT2D eigenvalue weighted by Crippen LogP contribution is 2.20. The predicted molar refractivity (Wildman–Crippen MR) is 74.8 cm³/mol. The van der Waals surface area contributed by atoms with Crippen LogP contribution in [0.3, 0.4) is 0 Å². The maximum absolute atomic E-state index is 6.00. The molecular weight excluding hydrogens is 284 g/mol. The van der Waals surface area contributed by atoms with E-state index in [0.717, 1.165) is 16.5 Å². The van der Waals surface area contributed by atoms with E-state index in [0.29, 0.717) is 17.5 Å². The quantitative estimate of drug-likeness (QED) is 0.693. The van der Waals surface area contributed by atoms with Gasteiger partial charge in [0.05, 0.1) is 17.2 Å². The minimum absolute atomic E-state index is 0.400. The lowest BCUT2D eigenvalue weighted by atomic mass is 10.4. The minimum atomic E-state index is 0.400. The van der Waals surface area contributed by atoms with Gasteiger partial charge in [0.1, 0.15) is 17.3 Å². The van der Waals surface area contributed by atoms with Crippen LogP contribution in [-0.2, 0) is 6.54 Å². The van der Waals surface area contributed by atoms with Crippen molar-refractivity contribution < 1.29 is 0 Å². The van der Waals surface area contributed by atoms with Crippen molar-refractivity contribution in [1.82, 2.24) is 24.6 Å². The smallest absolute Gasteiger partial charge is 0.255 e. The van der Waals surface area contributed by atoms with Crippen LogP contribution in [0.15, 0.2) is 17.8 Å². The molecule has 8 heteroatoms. The van der Waals surface area contributed by atoms with Gasteiger partial charge in [0.2, 0.25) is 0 Å². The fourth-order valence-corrected chi connectivity index (χ4v) is 2.62. The molecule has 0 bridgehead atoms. The van der Waals surface area contributed by atoms with Crippen molar-refractivity contribution >= 4 is 34.5 Å². The van der Waals surface area contributed by atoms with Crippen LogP contribution in [0, 0.1) is 6.92 Å². The molecule has 0 aliphatic carbocycles. The highest BCUT2D eigenvalue weighted by molar-refractivity contribution is 7.09. The number of anilines is 1. The monoisotopic (exact) mass is 294 g/mol. The Morgan fingerprint density at radius 2 is 2.26 bits per heavy atom. The first-order chi connectivity index (χ1) is 9.13. The summed E-state index contributed by atoms with van der Waals surface area (Å²) in [5.74, 6) is 1.32. The summed E-state index contributed by atoms with van der Waals surface area (Å²) >= 11 is 7.64. The number of thiazole rings is 1. The second-order valence-electron chi connectivity index (χ2n) is 4.12. The standard InChI is InChI=1S/C11H11ClN6S/c1-7-15-8(5-19-7)4-17(2)10-3-9(12)16-11-13-6-14-18(10)11/h3,5-6H,4H2,1-2H3. The Balaban J connectivity index is 1.96. The zero-order chi connectivity index (χ0) is 13.4. The lowest BCUT2D eigenvalue weighted by Crippen LogP contribution is -2.20. The van der Waals surface area contributed by atoms with E-state index in [2.05, 4.69) is 20.1 Å². The molecule has 3 aromatic heterocycles. The summed E-state index contributed by atoms with van der Waals surface area (Å²) in [5.41, 5.74) is 1.02. The molecule has 0 fully saturated rings. The van der Waals surface area contributed by atoms with E-state index in [1.54, 1.807) is 21.9 Å². The zero-order valence-corrected chi connectivity index (χ0v) is 12.0. The number of aryl methyl sites for hydroxylation is 1. The second-order valence-corrected chi connectivity index (χ2v) is 5.57. The summed E-state index contributed by atoms with van der Waals surface area (Å²) < 4.78 is 1.66. The topological polar surface area (TPSA) is 59.2 Å². The largest absolute Gasteiger partial charge is 0.353 e. The van der Waals surface area contributed by atoms with Crippen molar-refractivity contribution in [3.63, 3.8) is 0 Å². The summed E-state index contributed by atoms with van der Waals surface area (Å²) in [5, 5.41) is 7.66. The summed E-state index contributed by atoms with van der Waals surface area (Å²) in [4.78, 5) is 14.6. The number of rotatable bonds is 3. The molecule has 0 N–H and O–H groups in total. The highest BCUT2D eigenvalue weighted by atomic mass is 35.5. The van der Waals surface area contributed by atoms with E-state index in [1.807, 2.05) is 24.3 Å². The number of halogens is 1. The van der Waals surface area contributed by atoms with Crippen LogP contribution in [0.5, 0.6) is 0 Å². The fraction of sp³-hybridized carbons (Fsp3) is 0.273. The molecule has 0 radical (unpaired) electrons. The molecule has 3 aromatic rings. The van der Waals surface area contributed by atoms with Gasteiger partial charge in [-0.1, -0.05) is 11.6 Å². The van der Waals surface area contributed by atoms with Crippen molar-refractivity contribution in [2.75, 3.05) is 11.9 Å². The SMILES string of the molecule is Cc1nc(CN(C)c2cc(Cl)nc3ncnn23)cs1. The average Bonchev–Trinajstić information content (AvgIpc) is 2.96. The van der Waals surface area contributed by atoms with Gasteiger partial charge in [-0.15, -0.1) is 11.3 Å².